The maximum absolute atomic E-state index is 12.9. The van der Waals surface area contributed by atoms with Crippen molar-refractivity contribution < 1.29 is 9.29 Å². The third kappa shape index (κ3) is 3.61. The fraction of sp³-hybridized carbons (Fsp3) is 0.182. The number of aromatic nitrogens is 5. The Morgan fingerprint density at radius 2 is 2.06 bits per heavy atom. The lowest BCUT2D eigenvalue weighted by Crippen LogP contribution is -2.11. The molecule has 5 aromatic heterocycles. The van der Waals surface area contributed by atoms with E-state index in [1.165, 1.54) is 11.3 Å². The predicted octanol–water partition coefficient (Wildman–Crippen LogP) is 3.64. The van der Waals surface area contributed by atoms with Crippen LogP contribution in [0, 0.1) is 0 Å². The van der Waals surface area contributed by atoms with Crippen molar-refractivity contribution in [2.75, 3.05) is 25.2 Å². The van der Waals surface area contributed by atoms with Crippen molar-refractivity contribution in [3.8, 4) is 22.5 Å². The molecule has 5 rings (SSSR count). The van der Waals surface area contributed by atoms with Crippen LogP contribution >= 0.6 is 11.3 Å². The molecule has 0 spiro atoms. The Morgan fingerprint density at radius 1 is 1.19 bits per heavy atom. The molecule has 0 saturated carbocycles. The van der Waals surface area contributed by atoms with E-state index in [0.717, 1.165) is 43.8 Å². The first-order valence-corrected chi connectivity index (χ1v) is 12.0. The summed E-state index contributed by atoms with van der Waals surface area (Å²) in [7, 11) is 3.47. The van der Waals surface area contributed by atoms with Crippen molar-refractivity contribution in [3.63, 3.8) is 0 Å². The van der Waals surface area contributed by atoms with Gasteiger partial charge < -0.3 is 15.0 Å². The average molecular weight is 465 g/mol. The Balaban J connectivity index is 1.73. The minimum absolute atomic E-state index is 0.377. The number of methoxy groups -OCH3 is 1. The van der Waals surface area contributed by atoms with Crippen LogP contribution in [-0.4, -0.2) is 48.8 Å². The van der Waals surface area contributed by atoms with Gasteiger partial charge in [-0.25, -0.2) is 4.98 Å². The van der Waals surface area contributed by atoms with Gasteiger partial charge in [0.05, 0.1) is 29.0 Å². The summed E-state index contributed by atoms with van der Waals surface area (Å²) in [6, 6.07) is 9.66. The molecule has 8 nitrogen and oxygen atoms in total. The molecule has 0 saturated heterocycles. The first-order valence-electron chi connectivity index (χ1n) is 9.86. The number of aryl methyl sites for hydroxylation is 1. The number of thiophene rings is 1. The summed E-state index contributed by atoms with van der Waals surface area (Å²) in [6.07, 6.45) is 5.27. The molecule has 0 aliphatic heterocycles. The van der Waals surface area contributed by atoms with Gasteiger partial charge in [-0.15, -0.1) is 0 Å². The smallest absolute Gasteiger partial charge is 0.232 e. The highest BCUT2D eigenvalue weighted by Crippen LogP contribution is 2.43. The quantitative estimate of drug-likeness (QED) is 0.382. The zero-order valence-corrected chi connectivity index (χ0v) is 19.1. The first-order chi connectivity index (χ1) is 15.6. The monoisotopic (exact) mass is 464 g/mol. The van der Waals surface area contributed by atoms with E-state index in [0.29, 0.717) is 22.3 Å². The molecule has 162 valence electrons. The molecular weight excluding hydrogens is 444 g/mol. The number of nitrogens with zero attached hydrogens (tertiary/aromatic N) is 5. The Kier molecular flexibility index (Phi) is 5.51. The van der Waals surface area contributed by atoms with Gasteiger partial charge in [0, 0.05) is 60.4 Å². The van der Waals surface area contributed by atoms with Crippen molar-refractivity contribution >= 4 is 49.5 Å². The van der Waals surface area contributed by atoms with E-state index < -0.39 is 11.2 Å². The molecule has 0 radical (unpaired) electrons. The zero-order chi connectivity index (χ0) is 22.2. The van der Waals surface area contributed by atoms with Crippen LogP contribution in [0.5, 0.6) is 0 Å². The lowest BCUT2D eigenvalue weighted by Gasteiger charge is -2.10. The molecular formula is C22H20N6O2S2. The summed E-state index contributed by atoms with van der Waals surface area (Å²) in [5, 5.41) is 5.10. The lowest BCUT2D eigenvalue weighted by atomic mass is 10.0. The number of anilines is 1. The Hall–Kier alpha value is -3.05. The minimum Gasteiger partial charge on any atom is -0.611 e. The number of pyridine rings is 3. The van der Waals surface area contributed by atoms with Crippen molar-refractivity contribution in [3.05, 3.63) is 48.9 Å². The summed E-state index contributed by atoms with van der Waals surface area (Å²) in [5.74, 6) is 0.377. The van der Waals surface area contributed by atoms with Crippen LogP contribution in [0.4, 0.5) is 5.69 Å². The Bertz CT molecular complexity index is 1430. The predicted molar refractivity (Wildman–Crippen MR) is 128 cm³/mol. The maximum Gasteiger partial charge on any atom is 0.232 e. The molecule has 0 fully saturated rings. The van der Waals surface area contributed by atoms with Crippen LogP contribution in [0.15, 0.2) is 53.1 Å². The molecule has 1 atom stereocenters. The molecule has 0 aliphatic rings. The second-order valence-electron chi connectivity index (χ2n) is 7.19. The summed E-state index contributed by atoms with van der Waals surface area (Å²) >= 11 is 0.0808. The third-order valence-corrected chi connectivity index (χ3v) is 8.06. The van der Waals surface area contributed by atoms with E-state index in [1.807, 2.05) is 37.4 Å². The van der Waals surface area contributed by atoms with Crippen LogP contribution < -0.4 is 5.73 Å². The van der Waals surface area contributed by atoms with Gasteiger partial charge in [0.15, 0.2) is 0 Å². The number of nitrogen functional groups attached to an aromatic ring is 1. The fourth-order valence-electron chi connectivity index (χ4n) is 3.60. The van der Waals surface area contributed by atoms with Gasteiger partial charge in [0.25, 0.3) is 0 Å². The zero-order valence-electron chi connectivity index (χ0n) is 17.5. The van der Waals surface area contributed by atoms with Gasteiger partial charge >= 0.3 is 0 Å². The van der Waals surface area contributed by atoms with Crippen molar-refractivity contribution in [2.24, 2.45) is 7.05 Å². The molecule has 10 heteroatoms. The van der Waals surface area contributed by atoms with E-state index in [2.05, 4.69) is 15.1 Å². The highest BCUT2D eigenvalue weighted by atomic mass is 32.2. The second kappa shape index (κ2) is 8.47. The second-order valence-corrected chi connectivity index (χ2v) is 9.95. The Labute approximate surface area is 191 Å². The van der Waals surface area contributed by atoms with Gasteiger partial charge in [-0.05, 0) is 30.3 Å². The van der Waals surface area contributed by atoms with Crippen LogP contribution in [-0.2, 0) is 23.0 Å². The van der Waals surface area contributed by atoms with E-state index in [-0.39, 0.29) is 0 Å². The molecule has 5 heterocycles. The summed E-state index contributed by atoms with van der Waals surface area (Å²) in [5.41, 5.74) is 12.0. The molecule has 0 aliphatic carbocycles. The van der Waals surface area contributed by atoms with Gasteiger partial charge in [0.1, 0.15) is 16.3 Å². The number of nitrogens with two attached hydrogens (primary N) is 1. The number of hydrogen-bond donors (Lipinski definition) is 1. The van der Waals surface area contributed by atoms with E-state index in [1.54, 1.807) is 30.4 Å². The van der Waals surface area contributed by atoms with Crippen LogP contribution in [0.2, 0.25) is 0 Å². The highest BCUT2D eigenvalue weighted by molar-refractivity contribution is 7.93. The minimum atomic E-state index is -1.27. The largest absolute Gasteiger partial charge is 0.611 e. The number of hydrogen-bond acceptors (Lipinski definition) is 8. The summed E-state index contributed by atoms with van der Waals surface area (Å²) < 4.78 is 20.4. The average Bonchev–Trinajstić information content (AvgIpc) is 3.39. The topological polar surface area (TPSA) is 115 Å². The number of fused-ring (bicyclic) bond motifs is 2. The molecule has 5 aromatic rings. The third-order valence-electron chi connectivity index (χ3n) is 5.19. The lowest BCUT2D eigenvalue weighted by molar-refractivity contribution is 0.217. The Morgan fingerprint density at radius 3 is 2.84 bits per heavy atom. The summed E-state index contributed by atoms with van der Waals surface area (Å²) in [6.45, 7) is 0.392. The molecule has 0 amide bonds. The van der Waals surface area contributed by atoms with E-state index in [4.69, 9.17) is 15.5 Å². The molecule has 1 unspecified atom stereocenters. The molecule has 0 bridgehead atoms. The maximum atomic E-state index is 12.9. The van der Waals surface area contributed by atoms with Crippen molar-refractivity contribution in [2.45, 2.75) is 4.21 Å². The number of ether oxygens (including phenoxy) is 1. The normalized spacial score (nSPS) is 12.6. The first kappa shape index (κ1) is 20.8. The summed E-state index contributed by atoms with van der Waals surface area (Å²) in [4.78, 5) is 14.5. The van der Waals surface area contributed by atoms with Crippen LogP contribution in [0.3, 0.4) is 0 Å². The van der Waals surface area contributed by atoms with Gasteiger partial charge in [-0.3, -0.25) is 14.6 Å². The molecule has 32 heavy (non-hydrogen) atoms. The number of rotatable bonds is 6. The standard InChI is InChI=1S/C22H20N6O2S2/c1-28-18(5-7-26-28)14-11-16(13-10-17-15(25-12-13)4-3-6-24-17)27-21-19(14)20(23)22(31-21)32(29)9-8-30-2/h3-7,10-12H,8-9,23H2,1-2H3. The van der Waals surface area contributed by atoms with E-state index in [9.17, 15) is 4.55 Å². The van der Waals surface area contributed by atoms with E-state index >= 15 is 0 Å². The van der Waals surface area contributed by atoms with Crippen molar-refractivity contribution in [1.29, 1.82) is 0 Å². The van der Waals surface area contributed by atoms with Crippen LogP contribution in [0.1, 0.15) is 0 Å². The molecule has 2 N–H and O–H groups in total. The van der Waals surface area contributed by atoms with Crippen LogP contribution in [0.25, 0.3) is 43.8 Å². The SMILES string of the molecule is COCC[S+]([O-])c1sc2nc(-c3cnc4cccnc4c3)cc(-c3ccnn3C)c2c1N. The molecule has 0 aromatic carbocycles. The fourth-order valence-corrected chi connectivity index (χ4v) is 6.17. The van der Waals surface area contributed by atoms with Gasteiger partial charge in [-0.2, -0.15) is 5.10 Å². The van der Waals surface area contributed by atoms with Crippen molar-refractivity contribution in [1.82, 2.24) is 24.7 Å². The van der Waals surface area contributed by atoms with Gasteiger partial charge in [-0.1, -0.05) is 11.3 Å². The van der Waals surface area contributed by atoms with Gasteiger partial charge in [0.2, 0.25) is 4.21 Å². The highest BCUT2D eigenvalue weighted by Gasteiger charge is 2.25.